The molecule has 0 saturated carbocycles. The lowest BCUT2D eigenvalue weighted by Gasteiger charge is -2.11. The fourth-order valence-corrected chi connectivity index (χ4v) is 3.12. The monoisotopic (exact) mass is 328 g/mol. The molecular formula is C21H20N4. The van der Waals surface area contributed by atoms with Gasteiger partial charge in [-0.3, -0.25) is 9.38 Å². The van der Waals surface area contributed by atoms with Gasteiger partial charge in [-0.15, -0.1) is 0 Å². The zero-order valence-corrected chi connectivity index (χ0v) is 14.6. The molecule has 0 aliphatic heterocycles. The predicted octanol–water partition coefficient (Wildman–Crippen LogP) is 5.07. The molecule has 4 nitrogen and oxygen atoms in total. The smallest absolute Gasteiger partial charge is 0.157 e. The van der Waals surface area contributed by atoms with E-state index < -0.39 is 0 Å². The van der Waals surface area contributed by atoms with Gasteiger partial charge in [0.1, 0.15) is 11.5 Å². The van der Waals surface area contributed by atoms with Crippen LogP contribution in [0.15, 0.2) is 61.1 Å². The minimum absolute atomic E-state index is 0.824. The molecule has 0 bridgehead atoms. The van der Waals surface area contributed by atoms with Crippen LogP contribution in [0.3, 0.4) is 0 Å². The average Bonchev–Trinajstić information content (AvgIpc) is 2.93. The predicted molar refractivity (Wildman–Crippen MR) is 102 cm³/mol. The van der Waals surface area contributed by atoms with Gasteiger partial charge in [0, 0.05) is 23.6 Å². The summed E-state index contributed by atoms with van der Waals surface area (Å²) in [6.07, 6.45) is 5.50. The summed E-state index contributed by atoms with van der Waals surface area (Å²) in [6, 6.07) is 14.9. The standard InChI is InChI=1S/C21H20N4/c1-14-4-6-17(7-5-14)20-21(25-9-8-22-13-19(25)24-20)23-18-11-15(2)10-16(3)12-18/h4-13,23H,1-3H3. The molecule has 0 aliphatic rings. The Morgan fingerprint density at radius 2 is 1.60 bits per heavy atom. The number of imidazole rings is 1. The lowest BCUT2D eigenvalue weighted by Crippen LogP contribution is -1.98. The number of fused-ring (bicyclic) bond motifs is 1. The molecule has 0 amide bonds. The second-order valence-electron chi connectivity index (χ2n) is 6.48. The largest absolute Gasteiger partial charge is 0.339 e. The molecule has 4 heteroatoms. The Bertz CT molecular complexity index is 1030. The SMILES string of the molecule is Cc1ccc(-c2nc3cnccn3c2Nc2cc(C)cc(C)c2)cc1. The van der Waals surface area contributed by atoms with Gasteiger partial charge in [-0.1, -0.05) is 35.9 Å². The topological polar surface area (TPSA) is 42.2 Å². The van der Waals surface area contributed by atoms with Crippen LogP contribution in [0.25, 0.3) is 16.9 Å². The van der Waals surface area contributed by atoms with Crippen molar-refractivity contribution in [2.75, 3.05) is 5.32 Å². The van der Waals surface area contributed by atoms with Crippen LogP contribution < -0.4 is 5.32 Å². The van der Waals surface area contributed by atoms with Crippen LogP contribution in [0, 0.1) is 20.8 Å². The minimum atomic E-state index is 0.824. The summed E-state index contributed by atoms with van der Waals surface area (Å²) in [5, 5.41) is 3.56. The lowest BCUT2D eigenvalue weighted by molar-refractivity contribution is 1.13. The highest BCUT2D eigenvalue weighted by atomic mass is 15.1. The first-order valence-electron chi connectivity index (χ1n) is 8.34. The summed E-state index contributed by atoms with van der Waals surface area (Å²) in [5.74, 6) is 0.950. The zero-order valence-electron chi connectivity index (χ0n) is 14.6. The van der Waals surface area contributed by atoms with E-state index in [1.807, 2.05) is 10.6 Å². The van der Waals surface area contributed by atoms with Gasteiger partial charge >= 0.3 is 0 Å². The molecule has 2 aromatic heterocycles. The van der Waals surface area contributed by atoms with E-state index in [0.717, 1.165) is 28.4 Å². The summed E-state index contributed by atoms with van der Waals surface area (Å²) in [4.78, 5) is 8.99. The van der Waals surface area contributed by atoms with E-state index in [2.05, 4.69) is 73.5 Å². The first-order chi connectivity index (χ1) is 12.1. The van der Waals surface area contributed by atoms with Crippen LogP contribution in [0.1, 0.15) is 16.7 Å². The Kier molecular flexibility index (Phi) is 3.73. The maximum Gasteiger partial charge on any atom is 0.157 e. The second-order valence-corrected chi connectivity index (χ2v) is 6.48. The number of anilines is 2. The van der Waals surface area contributed by atoms with Gasteiger partial charge in [0.15, 0.2) is 5.65 Å². The highest BCUT2D eigenvalue weighted by Crippen LogP contribution is 2.31. The number of nitrogens with zero attached hydrogens (tertiary/aromatic N) is 3. The molecule has 0 aliphatic carbocycles. The third-order valence-electron chi connectivity index (χ3n) is 4.24. The molecule has 0 radical (unpaired) electrons. The van der Waals surface area contributed by atoms with E-state index in [4.69, 9.17) is 4.98 Å². The number of rotatable bonds is 3. The summed E-state index contributed by atoms with van der Waals surface area (Å²) >= 11 is 0. The van der Waals surface area contributed by atoms with Gasteiger partial charge in [-0.2, -0.15) is 0 Å². The fraction of sp³-hybridized carbons (Fsp3) is 0.143. The van der Waals surface area contributed by atoms with Crippen molar-refractivity contribution in [3.8, 4) is 11.3 Å². The summed E-state index contributed by atoms with van der Waals surface area (Å²) in [7, 11) is 0. The summed E-state index contributed by atoms with van der Waals surface area (Å²) in [6.45, 7) is 6.31. The molecule has 124 valence electrons. The number of hydrogen-bond donors (Lipinski definition) is 1. The molecule has 0 atom stereocenters. The molecular weight excluding hydrogens is 308 g/mol. The number of benzene rings is 2. The average molecular weight is 328 g/mol. The van der Waals surface area contributed by atoms with Crippen molar-refractivity contribution in [2.45, 2.75) is 20.8 Å². The Labute approximate surface area is 147 Å². The molecule has 2 heterocycles. The van der Waals surface area contributed by atoms with Crippen molar-refractivity contribution in [1.82, 2.24) is 14.4 Å². The third kappa shape index (κ3) is 2.98. The van der Waals surface area contributed by atoms with Crippen molar-refractivity contribution in [3.05, 3.63) is 77.7 Å². The highest BCUT2D eigenvalue weighted by Gasteiger charge is 2.14. The van der Waals surface area contributed by atoms with Crippen LogP contribution in [0.4, 0.5) is 11.5 Å². The van der Waals surface area contributed by atoms with E-state index in [1.165, 1.54) is 16.7 Å². The van der Waals surface area contributed by atoms with Gasteiger partial charge < -0.3 is 5.32 Å². The van der Waals surface area contributed by atoms with Crippen LogP contribution in [-0.2, 0) is 0 Å². The molecule has 0 saturated heterocycles. The van der Waals surface area contributed by atoms with Crippen molar-refractivity contribution < 1.29 is 0 Å². The van der Waals surface area contributed by atoms with Crippen molar-refractivity contribution in [1.29, 1.82) is 0 Å². The van der Waals surface area contributed by atoms with E-state index in [0.29, 0.717) is 0 Å². The Hall–Kier alpha value is -3.14. The van der Waals surface area contributed by atoms with Gasteiger partial charge in [-0.25, -0.2) is 4.98 Å². The van der Waals surface area contributed by atoms with Gasteiger partial charge in [-0.05, 0) is 44.0 Å². The first kappa shape index (κ1) is 15.4. The van der Waals surface area contributed by atoms with E-state index >= 15 is 0 Å². The number of hydrogen-bond acceptors (Lipinski definition) is 3. The number of aromatic nitrogens is 3. The molecule has 2 aromatic carbocycles. The van der Waals surface area contributed by atoms with Gasteiger partial charge in [0.2, 0.25) is 0 Å². The summed E-state index contributed by atoms with van der Waals surface area (Å²) in [5.41, 5.74) is 7.59. The molecule has 1 N–H and O–H groups in total. The first-order valence-corrected chi connectivity index (χ1v) is 8.34. The minimum Gasteiger partial charge on any atom is -0.339 e. The Balaban J connectivity index is 1.88. The maximum atomic E-state index is 4.79. The fourth-order valence-electron chi connectivity index (χ4n) is 3.12. The molecule has 4 aromatic rings. The van der Waals surface area contributed by atoms with Crippen molar-refractivity contribution in [2.24, 2.45) is 0 Å². The number of nitrogens with one attached hydrogen (secondary N) is 1. The highest BCUT2D eigenvalue weighted by molar-refractivity contribution is 5.79. The summed E-state index contributed by atoms with van der Waals surface area (Å²) < 4.78 is 2.04. The Morgan fingerprint density at radius 3 is 2.32 bits per heavy atom. The van der Waals surface area contributed by atoms with Gasteiger partial charge in [0.05, 0.1) is 6.20 Å². The zero-order chi connectivity index (χ0) is 17.4. The normalized spacial score (nSPS) is 11.0. The van der Waals surface area contributed by atoms with Crippen LogP contribution in [-0.4, -0.2) is 14.4 Å². The quantitative estimate of drug-likeness (QED) is 0.571. The van der Waals surface area contributed by atoms with Crippen LogP contribution in [0.2, 0.25) is 0 Å². The van der Waals surface area contributed by atoms with Gasteiger partial charge in [0.25, 0.3) is 0 Å². The second kappa shape index (κ2) is 6.06. The van der Waals surface area contributed by atoms with E-state index in [1.54, 1.807) is 12.4 Å². The molecule has 25 heavy (non-hydrogen) atoms. The van der Waals surface area contributed by atoms with Crippen molar-refractivity contribution >= 4 is 17.2 Å². The molecule has 0 unspecified atom stereocenters. The lowest BCUT2D eigenvalue weighted by atomic mass is 10.1. The number of aryl methyl sites for hydroxylation is 3. The van der Waals surface area contributed by atoms with E-state index in [9.17, 15) is 0 Å². The maximum absolute atomic E-state index is 4.79. The van der Waals surface area contributed by atoms with E-state index in [-0.39, 0.29) is 0 Å². The van der Waals surface area contributed by atoms with Crippen LogP contribution in [0.5, 0.6) is 0 Å². The molecule has 0 fully saturated rings. The van der Waals surface area contributed by atoms with Crippen molar-refractivity contribution in [3.63, 3.8) is 0 Å². The molecule has 4 rings (SSSR count). The molecule has 0 spiro atoms. The Morgan fingerprint density at radius 1 is 0.880 bits per heavy atom. The van der Waals surface area contributed by atoms with Crippen LogP contribution >= 0.6 is 0 Å². The third-order valence-corrected chi connectivity index (χ3v) is 4.24.